The van der Waals surface area contributed by atoms with Crippen molar-refractivity contribution in [3.63, 3.8) is 0 Å². The molecule has 0 aliphatic carbocycles. The molecule has 0 bridgehead atoms. The quantitative estimate of drug-likeness (QED) is 0.00601. The van der Waals surface area contributed by atoms with Crippen LogP contribution in [0.15, 0.2) is 240 Å². The summed E-state index contributed by atoms with van der Waals surface area (Å²) in [5.74, 6) is 4.56. The molecule has 0 atom stereocenters. The zero-order valence-corrected chi connectivity index (χ0v) is 84.6. The van der Waals surface area contributed by atoms with Crippen molar-refractivity contribution in [2.75, 3.05) is 82.6 Å². The van der Waals surface area contributed by atoms with Crippen LogP contribution in [0.3, 0.4) is 0 Å². The average Bonchev–Trinajstić information content (AvgIpc) is 1.70. The first kappa shape index (κ1) is 122. The number of nitrogens with one attached hydrogen (secondary N) is 7. The van der Waals surface area contributed by atoms with Crippen LogP contribution in [0.1, 0.15) is 85.1 Å². The Bertz CT molecular complexity index is 7040. The number of amides is 2. The smallest absolute Gasteiger partial charge is 1.00 e. The van der Waals surface area contributed by atoms with E-state index in [9.17, 15) is 50.7 Å². The van der Waals surface area contributed by atoms with Crippen LogP contribution in [0, 0.1) is 24.0 Å². The fourth-order valence-corrected chi connectivity index (χ4v) is 17.1. The fraction of sp³-hybridized carbons (Fsp3) is 0.224. The van der Waals surface area contributed by atoms with Crippen LogP contribution >= 0.6 is 49.7 Å². The van der Waals surface area contributed by atoms with Gasteiger partial charge in [0, 0.05) is 194 Å². The number of aliphatic carboxylic acids is 1. The Labute approximate surface area is 860 Å². The van der Waals surface area contributed by atoms with E-state index in [1.165, 1.54) is 19.6 Å². The monoisotopic (exact) mass is 2180 g/mol. The Morgan fingerprint density at radius 2 is 0.936 bits per heavy atom. The first-order valence-corrected chi connectivity index (χ1v) is 52.0. The molecule has 2 amide bonds. The molecule has 0 radical (unpaired) electrons. The molecule has 7 aromatic heterocycles. The molecule has 17 rings (SSSR count). The Balaban J connectivity index is 0.000000548. The van der Waals surface area contributed by atoms with Gasteiger partial charge in [0.25, 0.3) is 35.7 Å². The number of nitro groups is 1. The molecule has 0 fully saturated rings. The maximum Gasteiger partial charge on any atom is 1.00 e. The summed E-state index contributed by atoms with van der Waals surface area (Å²) in [5.41, 5.74) is 19.9. The zero-order valence-electron chi connectivity index (χ0n) is 78.3. The Morgan fingerprint density at radius 1 is 0.550 bits per heavy atom. The van der Waals surface area contributed by atoms with Crippen molar-refractivity contribution in [3.8, 4) is 40.2 Å². The third-order valence-electron chi connectivity index (χ3n) is 20.1. The number of H-pyrrole nitrogens is 5. The molecule has 42 heteroatoms. The third-order valence-corrected chi connectivity index (χ3v) is 23.5. The summed E-state index contributed by atoms with van der Waals surface area (Å²) in [6.45, 7) is 9.93. The van der Waals surface area contributed by atoms with Crippen LogP contribution in [-0.2, 0) is 74.2 Å². The van der Waals surface area contributed by atoms with Crippen molar-refractivity contribution in [2.24, 2.45) is 10.7 Å². The molecule has 0 unspecified atom stereocenters. The van der Waals surface area contributed by atoms with E-state index in [1.54, 1.807) is 148 Å². The summed E-state index contributed by atoms with van der Waals surface area (Å²) in [6, 6.07) is 55.5. The summed E-state index contributed by atoms with van der Waals surface area (Å²) >= 11 is 8.29. The van der Waals surface area contributed by atoms with E-state index in [4.69, 9.17) is 48.8 Å². The van der Waals surface area contributed by atoms with Gasteiger partial charge in [-0.25, -0.2) is 24.8 Å². The number of nitrogens with zero attached hydrogens (tertiary/aromatic N) is 4. The Morgan fingerprint density at radius 3 is 1.36 bits per heavy atom. The van der Waals surface area contributed by atoms with E-state index >= 15 is 0 Å². The van der Waals surface area contributed by atoms with Crippen molar-refractivity contribution in [1.82, 2.24) is 49.6 Å². The van der Waals surface area contributed by atoms with E-state index in [0.717, 1.165) is 154 Å². The second kappa shape index (κ2) is 60.4. The molecule has 16 aromatic rings. The number of halogens is 3. The van der Waals surface area contributed by atoms with Crippen LogP contribution < -0.4 is 74.5 Å². The van der Waals surface area contributed by atoms with Crippen LogP contribution in [0.25, 0.3) is 82.4 Å². The summed E-state index contributed by atoms with van der Waals surface area (Å²) in [7, 11) is 3.87. The molecule has 1 aliphatic heterocycles. The van der Waals surface area contributed by atoms with Crippen LogP contribution in [0.2, 0.25) is 0 Å². The Hall–Kier alpha value is -12.7. The number of fused-ring (bicyclic) bond motifs is 9. The topological polar surface area (TPSA) is 494 Å². The number of ether oxygens (including phenoxy) is 8. The van der Waals surface area contributed by atoms with E-state index < -0.39 is 34.2 Å². The summed E-state index contributed by atoms with van der Waals surface area (Å²) < 4.78 is 105. The Kier molecular flexibility index (Phi) is 52.4. The second-order valence-corrected chi connectivity index (χ2v) is 50.6. The first-order chi connectivity index (χ1) is 64.9. The number of aldehydes is 1. The van der Waals surface area contributed by atoms with E-state index in [0.29, 0.717) is 104 Å². The fourth-order valence-electron chi connectivity index (χ4n) is 14.2. The van der Waals surface area contributed by atoms with Gasteiger partial charge in [0.05, 0.1) is 93.2 Å². The van der Waals surface area contributed by atoms with E-state index in [-0.39, 0.29) is 68.4 Å². The number of aliphatic imine (C=N–C) groups is 1. The number of hydrogen-bond donors (Lipinski definition) is 10. The molecule has 744 valence electrons. The standard InChI is InChI=1S/C19H20N2O4S.C19H18N2O3S.C12H14N2O2.C11H10N2O3.C11H14N2O.C10H9NO2.C9H9NO.C3H6O2.C2H4O2.2CH4.Al.Br3OP.Li.H3N.4H/c1-14-6-8-16(9-7-14)26(23,24)21-12-15(10-11-20-13-22)19-17(21)4-3-5-18(19)25-2;1-13-6-8-14(9-7-13)25(22,23)21-16-4-3-5-18(24-2)19(16)15-10-11-20-12-17(15)21;1-16-11-4-2-3-10-12(11)9(7-14-10)5-6-13-8-15;1-16-10-4-2-3-9-11(10)8(7-12-9)5-6-13(14)15;1-14-10-4-2-3-9-11(10)8(5-6-12)7-13-9;1-13-9-4-2-3-8-10(9)7(6-12)5-11-8;1-11-9-4-2-3-8-7(9)5-6-10-8;1-2-5-3-4;1-2(3)4;;;;1-5(2,3)4;;;;;;/h3-9,12-13H,10-11H2,1-2H3,(H,20,22);3-9,12H,10-11H2,1-2H3;2-4,7-8,14H,5-6H2,1H3,(H,13,15);2-7,12H,1H3;2-4,7,13H,5-6,12H2,1H3;2-6,11H,1H3;2-6,10H,1H3;3H,2H2,1H3;1H3,(H,3,4);2*1H4;;;;1H3;;;;/q;;;;;;;;;;;;;+1;;;;;-1/b;;;6-5+;;;;;;;;;;;;;;;. The number of aromatic nitrogens is 7. The molecule has 34 nitrogen and oxygen atoms in total. The van der Waals surface area contributed by atoms with Gasteiger partial charge < -0.3 is 91.9 Å². The summed E-state index contributed by atoms with van der Waals surface area (Å²) in [6.07, 6.45) is 19.9. The van der Waals surface area contributed by atoms with Crippen LogP contribution in [0.5, 0.6) is 40.2 Å². The largest absolute Gasteiger partial charge is 1.00 e. The van der Waals surface area contributed by atoms with Gasteiger partial charge in [-0.2, -0.15) is 0 Å². The second-order valence-electron chi connectivity index (χ2n) is 28.6. The maximum absolute atomic E-state index is 13.4. The minimum atomic E-state index is -3.75. The van der Waals surface area contributed by atoms with Gasteiger partial charge in [0.1, 0.15) is 40.2 Å². The van der Waals surface area contributed by atoms with Gasteiger partial charge in [-0.1, -0.05) is 92.7 Å². The van der Waals surface area contributed by atoms with Gasteiger partial charge in [-0.3, -0.25) is 43.6 Å². The molecular weight excluding hydrogens is 2060 g/mol. The van der Waals surface area contributed by atoms with Crippen molar-refractivity contribution < 1.29 is 114 Å². The van der Waals surface area contributed by atoms with Gasteiger partial charge in [0.15, 0.2) is 23.6 Å². The van der Waals surface area contributed by atoms with Gasteiger partial charge in [0.2, 0.25) is 19.0 Å². The number of carbonyl (C=O) groups excluding carboxylic acids is 4. The number of nitrogens with two attached hydrogens (primary N) is 1. The van der Waals surface area contributed by atoms with Crippen LogP contribution in [0.4, 0.5) is 0 Å². The number of aromatic amines is 5. The number of carboxylic acids is 1. The zero-order chi connectivity index (χ0) is 98.4. The normalized spacial score (nSPS) is 10.7. The summed E-state index contributed by atoms with van der Waals surface area (Å²) in [4.78, 5) is 79.7. The number of aryl methyl sites for hydroxylation is 2. The molecule has 0 spiro atoms. The number of benzene rings is 9. The molecule has 140 heavy (non-hydrogen) atoms. The molecular formula is C98H119AlBr3LiN13O21PS2. The predicted octanol–water partition coefficient (Wildman–Crippen LogP) is 16.3. The number of carbonyl (C=O) groups is 5. The molecule has 0 saturated heterocycles. The maximum atomic E-state index is 13.4. The molecule has 8 heterocycles. The number of rotatable bonds is 26. The molecule has 9 aromatic carbocycles. The number of hydrogen-bond acceptors (Lipinski definition) is 23. The van der Waals surface area contributed by atoms with Gasteiger partial charge in [-0.05, 0) is 191 Å². The first-order valence-electron chi connectivity index (χ1n) is 41.3. The van der Waals surface area contributed by atoms with Gasteiger partial charge >= 0.3 is 18.9 Å². The number of methoxy groups -OCH3 is 7. The van der Waals surface area contributed by atoms with Crippen LogP contribution in [-0.4, -0.2) is 197 Å². The predicted molar refractivity (Wildman–Crippen MR) is 570 cm³/mol. The van der Waals surface area contributed by atoms with E-state index in [1.807, 2.05) is 148 Å². The number of carboxylic acid groups (broad SMARTS) is 1. The molecule has 0 saturated carbocycles. The van der Waals surface area contributed by atoms with Gasteiger partial charge in [-0.15, -0.1) is 0 Å². The minimum absolute atomic E-state index is 0. The van der Waals surface area contributed by atoms with Crippen molar-refractivity contribution in [1.29, 1.82) is 0 Å². The molecule has 13 N–H and O–H groups in total. The third kappa shape index (κ3) is 33.0. The minimum Gasteiger partial charge on any atom is -1.00 e. The molecule has 1 aliphatic rings. The average molecular weight is 2180 g/mol. The van der Waals surface area contributed by atoms with E-state index in [2.05, 4.69) is 91.8 Å². The summed E-state index contributed by atoms with van der Waals surface area (Å²) in [5, 5.41) is 29.6. The van der Waals surface area contributed by atoms with Crippen molar-refractivity contribution in [2.45, 2.75) is 78.0 Å². The SMILES string of the molecule is C.C.CC(=O)O.CCOC=O.COc1cccc2[nH]cc(/C=C/[N+](=O)[O-])c12.COc1cccc2[nH]cc(C=O)c12.COc1cccc2[nH]cc(CCN)c12.COc1cccc2[nH]cc(CCNC=O)c12.COc1cccc2[nH]ccc12.COc1cccc2c1c(CCNC=O)cn2S(=O)(=O)c1ccc(C)cc1.COc1cccc2c1c1c(n2S(=O)(=O)c2ccc(C)cc2)C=NCC1.N.O=P(Br)(Br)Br.[AlH3].[H-].[Li+]. The van der Waals surface area contributed by atoms with Crippen molar-refractivity contribution in [3.05, 3.63) is 286 Å². The van der Waals surface area contributed by atoms with Crippen molar-refractivity contribution >= 4 is 207 Å².